The summed E-state index contributed by atoms with van der Waals surface area (Å²) in [7, 11) is 0. The molecule has 0 aromatic heterocycles. The monoisotopic (exact) mass is 280 g/mol. The smallest absolute Gasteiger partial charge is 0.335 e. The van der Waals surface area contributed by atoms with Gasteiger partial charge in [0.1, 0.15) is 5.75 Å². The average molecular weight is 280 g/mol. The molecule has 1 heterocycles. The predicted octanol–water partition coefficient (Wildman–Crippen LogP) is 2.21. The van der Waals surface area contributed by atoms with Crippen molar-refractivity contribution < 1.29 is 24.1 Å². The third-order valence-electron chi connectivity index (χ3n) is 3.27. The zero-order valence-electron chi connectivity index (χ0n) is 11.6. The van der Waals surface area contributed by atoms with Gasteiger partial charge >= 0.3 is 5.97 Å². The molecule has 0 bridgehead atoms. The lowest BCUT2D eigenvalue weighted by molar-refractivity contribution is -0.139. The lowest BCUT2D eigenvalue weighted by Gasteiger charge is -2.33. The molecule has 1 aliphatic heterocycles. The van der Waals surface area contributed by atoms with Gasteiger partial charge in [-0.3, -0.25) is 0 Å². The van der Waals surface area contributed by atoms with E-state index < -0.39 is 5.97 Å². The van der Waals surface area contributed by atoms with Crippen molar-refractivity contribution >= 4 is 5.97 Å². The fourth-order valence-electron chi connectivity index (χ4n) is 1.91. The van der Waals surface area contributed by atoms with Crippen molar-refractivity contribution in [3.8, 4) is 5.75 Å². The van der Waals surface area contributed by atoms with Crippen molar-refractivity contribution in [2.75, 3.05) is 26.4 Å². The van der Waals surface area contributed by atoms with Crippen molar-refractivity contribution in [1.82, 2.24) is 0 Å². The number of rotatable bonds is 8. The summed E-state index contributed by atoms with van der Waals surface area (Å²) >= 11 is 0. The van der Waals surface area contributed by atoms with E-state index >= 15 is 0 Å². The summed E-state index contributed by atoms with van der Waals surface area (Å²) in [5.41, 5.74) is 0.231. The van der Waals surface area contributed by atoms with Crippen LogP contribution in [0.2, 0.25) is 0 Å². The molecular weight excluding hydrogens is 260 g/mol. The van der Waals surface area contributed by atoms with Crippen LogP contribution in [0.1, 0.15) is 23.7 Å². The highest BCUT2D eigenvalue weighted by atomic mass is 16.5. The van der Waals surface area contributed by atoms with Crippen LogP contribution < -0.4 is 4.74 Å². The molecule has 5 heteroatoms. The molecule has 1 N–H and O–H groups in total. The number of aromatic carboxylic acids is 1. The summed E-state index contributed by atoms with van der Waals surface area (Å²) in [4.78, 5) is 10.8. The van der Waals surface area contributed by atoms with E-state index in [1.54, 1.807) is 12.1 Å². The maximum Gasteiger partial charge on any atom is 0.335 e. The lowest BCUT2D eigenvalue weighted by Crippen LogP contribution is -2.41. The largest absolute Gasteiger partial charge is 0.493 e. The first-order valence-corrected chi connectivity index (χ1v) is 6.82. The molecule has 2 rings (SSSR count). The maximum atomic E-state index is 10.8. The molecule has 0 radical (unpaired) electrons. The minimum Gasteiger partial charge on any atom is -0.493 e. The second-order valence-electron chi connectivity index (χ2n) is 4.96. The van der Waals surface area contributed by atoms with E-state index in [4.69, 9.17) is 19.3 Å². The first-order valence-electron chi connectivity index (χ1n) is 6.82. The van der Waals surface area contributed by atoms with E-state index in [1.165, 1.54) is 12.1 Å². The van der Waals surface area contributed by atoms with Crippen molar-refractivity contribution in [2.45, 2.75) is 19.4 Å². The Bertz CT molecular complexity index is 446. The van der Waals surface area contributed by atoms with Gasteiger partial charge in [-0.15, -0.1) is 0 Å². The van der Waals surface area contributed by atoms with Gasteiger partial charge in [0, 0.05) is 18.9 Å². The Hall–Kier alpha value is -1.59. The van der Waals surface area contributed by atoms with E-state index in [2.05, 4.69) is 6.92 Å². The van der Waals surface area contributed by atoms with Gasteiger partial charge in [-0.25, -0.2) is 4.79 Å². The van der Waals surface area contributed by atoms with Crippen molar-refractivity contribution in [3.05, 3.63) is 29.8 Å². The second-order valence-corrected chi connectivity index (χ2v) is 4.96. The molecular formula is C15H20O5. The van der Waals surface area contributed by atoms with Crippen LogP contribution >= 0.6 is 0 Å². The van der Waals surface area contributed by atoms with Crippen LogP contribution in [-0.4, -0.2) is 43.6 Å². The van der Waals surface area contributed by atoms with Gasteiger partial charge in [0.2, 0.25) is 0 Å². The van der Waals surface area contributed by atoms with Crippen LogP contribution in [0.15, 0.2) is 24.3 Å². The first-order chi connectivity index (χ1) is 9.66. The van der Waals surface area contributed by atoms with Gasteiger partial charge in [0.05, 0.1) is 31.5 Å². The minimum absolute atomic E-state index is 0.231. The Morgan fingerprint density at radius 2 is 2.30 bits per heavy atom. The third-order valence-corrected chi connectivity index (χ3v) is 3.27. The fraction of sp³-hybridized carbons (Fsp3) is 0.533. The molecule has 0 spiro atoms. The predicted molar refractivity (Wildman–Crippen MR) is 73.2 cm³/mol. The Morgan fingerprint density at radius 1 is 1.45 bits per heavy atom. The summed E-state index contributed by atoms with van der Waals surface area (Å²) < 4.78 is 16.3. The van der Waals surface area contributed by atoms with Crippen molar-refractivity contribution in [3.63, 3.8) is 0 Å². The van der Waals surface area contributed by atoms with Crippen LogP contribution in [0, 0.1) is 5.92 Å². The SMILES string of the molecule is CC1COC1COCCCOc1cccc(C(=O)O)c1. The number of carboxylic acids is 1. The van der Waals surface area contributed by atoms with E-state index in [0.717, 1.165) is 13.0 Å². The molecule has 1 aromatic carbocycles. The number of carbonyl (C=O) groups is 1. The summed E-state index contributed by atoms with van der Waals surface area (Å²) in [6.45, 7) is 4.73. The fourth-order valence-corrected chi connectivity index (χ4v) is 1.91. The van der Waals surface area contributed by atoms with E-state index in [-0.39, 0.29) is 11.7 Å². The molecule has 2 atom stereocenters. The van der Waals surface area contributed by atoms with Crippen LogP contribution in [0.3, 0.4) is 0 Å². The van der Waals surface area contributed by atoms with Crippen LogP contribution in [0.5, 0.6) is 5.75 Å². The Balaban J connectivity index is 1.58. The van der Waals surface area contributed by atoms with Gasteiger partial charge in [-0.05, 0) is 18.2 Å². The molecule has 0 amide bonds. The number of carboxylic acid groups (broad SMARTS) is 1. The normalized spacial score (nSPS) is 21.2. The zero-order valence-corrected chi connectivity index (χ0v) is 11.6. The molecule has 0 saturated carbocycles. The van der Waals surface area contributed by atoms with E-state index in [9.17, 15) is 4.79 Å². The van der Waals surface area contributed by atoms with Gasteiger partial charge in [0.25, 0.3) is 0 Å². The molecule has 5 nitrogen and oxygen atoms in total. The second kappa shape index (κ2) is 7.26. The Labute approximate surface area is 118 Å². The van der Waals surface area contributed by atoms with Crippen molar-refractivity contribution in [2.24, 2.45) is 5.92 Å². The van der Waals surface area contributed by atoms with Crippen LogP contribution in [0.4, 0.5) is 0 Å². The first kappa shape index (κ1) is 14.8. The molecule has 110 valence electrons. The highest BCUT2D eigenvalue weighted by Crippen LogP contribution is 2.19. The van der Waals surface area contributed by atoms with Gasteiger partial charge < -0.3 is 19.3 Å². The number of ether oxygens (including phenoxy) is 3. The zero-order chi connectivity index (χ0) is 14.4. The van der Waals surface area contributed by atoms with Crippen LogP contribution in [-0.2, 0) is 9.47 Å². The third kappa shape index (κ3) is 4.21. The summed E-state index contributed by atoms with van der Waals surface area (Å²) in [6.07, 6.45) is 1.00. The maximum absolute atomic E-state index is 10.8. The summed E-state index contributed by atoms with van der Waals surface area (Å²) in [5, 5.41) is 8.87. The Kier molecular flexibility index (Phi) is 5.38. The lowest BCUT2D eigenvalue weighted by atomic mass is 10.0. The summed E-state index contributed by atoms with van der Waals surface area (Å²) in [5.74, 6) is 0.208. The van der Waals surface area contributed by atoms with Crippen molar-refractivity contribution in [1.29, 1.82) is 0 Å². The average Bonchev–Trinajstić information content (AvgIpc) is 2.45. The van der Waals surface area contributed by atoms with E-state index in [0.29, 0.717) is 31.5 Å². The van der Waals surface area contributed by atoms with Gasteiger partial charge in [-0.1, -0.05) is 13.0 Å². The number of hydrogen-bond acceptors (Lipinski definition) is 4. The molecule has 1 saturated heterocycles. The topological polar surface area (TPSA) is 65.0 Å². The van der Waals surface area contributed by atoms with Gasteiger partial charge in [0.15, 0.2) is 0 Å². The molecule has 2 unspecified atom stereocenters. The quantitative estimate of drug-likeness (QED) is 0.740. The molecule has 0 aliphatic carbocycles. The highest BCUT2D eigenvalue weighted by molar-refractivity contribution is 5.87. The number of hydrogen-bond donors (Lipinski definition) is 1. The standard InChI is InChI=1S/C15H20O5/c1-11-9-20-14(11)10-18-6-3-7-19-13-5-2-4-12(8-13)15(16)17/h2,4-5,8,11,14H,3,6-7,9-10H2,1H3,(H,16,17). The summed E-state index contributed by atoms with van der Waals surface area (Å²) in [6, 6.07) is 6.48. The molecule has 20 heavy (non-hydrogen) atoms. The highest BCUT2D eigenvalue weighted by Gasteiger charge is 2.27. The molecule has 1 fully saturated rings. The number of benzene rings is 1. The Morgan fingerprint density at radius 3 is 2.95 bits per heavy atom. The molecule has 1 aliphatic rings. The minimum atomic E-state index is -0.951. The van der Waals surface area contributed by atoms with Crippen LogP contribution in [0.25, 0.3) is 0 Å². The van der Waals surface area contributed by atoms with E-state index in [1.807, 2.05) is 0 Å². The van der Waals surface area contributed by atoms with Gasteiger partial charge in [-0.2, -0.15) is 0 Å². The molecule has 1 aromatic rings.